The monoisotopic (exact) mass is 128 g/mol. The summed E-state index contributed by atoms with van der Waals surface area (Å²) in [6, 6.07) is 0. The molecule has 5 heteroatoms. The van der Waals surface area contributed by atoms with E-state index in [2.05, 4.69) is 0 Å². The molecule has 0 N–H and O–H groups in total. The van der Waals surface area contributed by atoms with E-state index in [1.165, 1.54) is 0 Å². The molecule has 0 aromatic carbocycles. The van der Waals surface area contributed by atoms with Crippen molar-refractivity contribution in [2.45, 2.75) is 0 Å². The molecule has 0 heterocycles. The van der Waals surface area contributed by atoms with Crippen molar-refractivity contribution >= 4 is 0 Å². The van der Waals surface area contributed by atoms with Crippen LogP contribution in [0.5, 0.6) is 0 Å². The summed E-state index contributed by atoms with van der Waals surface area (Å²) >= 11 is 0.125. The van der Waals surface area contributed by atoms with Crippen LogP contribution in [-0.2, 0) is 21.8 Å². The van der Waals surface area contributed by atoms with E-state index in [0.717, 1.165) is 0 Å². The van der Waals surface area contributed by atoms with Crippen molar-refractivity contribution in [1.82, 2.24) is 0 Å². The first-order chi connectivity index (χ1) is 1.00. The van der Waals surface area contributed by atoms with E-state index >= 15 is 0 Å². The van der Waals surface area contributed by atoms with Gasteiger partial charge in [-0.2, -0.15) is 0 Å². The molecule has 0 rings (SSSR count). The fourth-order valence-electron chi connectivity index (χ4n) is 0. The normalized spacial score (nSPS) is 1.20. The molecule has 0 aliphatic rings. The molecule has 0 spiro atoms. The first-order valence-electron chi connectivity index (χ1n) is 0.289. The van der Waals surface area contributed by atoms with Gasteiger partial charge in [0.2, 0.25) is 0 Å². The molecule has 1 nitrogen and oxygen atoms in total. The molecule has 0 radical (unpaired) electrons. The van der Waals surface area contributed by atoms with E-state index < -0.39 is 0 Å². The van der Waals surface area contributed by atoms with Gasteiger partial charge in [0.05, 0.1) is 0 Å². The van der Waals surface area contributed by atoms with Crippen LogP contribution < -0.4 is 18.9 Å². The molecule has 0 atom stereocenters. The van der Waals surface area contributed by atoms with Gasteiger partial charge in [-0.15, -0.1) is 0 Å². The summed E-state index contributed by atoms with van der Waals surface area (Å²) in [5, 5.41) is 0. The average Bonchev–Trinajstić information content (AvgIpc) is 1.00. The van der Waals surface area contributed by atoms with Crippen LogP contribution in [0.2, 0.25) is 0 Å². The minimum absolute atomic E-state index is 0. The minimum atomic E-state index is 0. The van der Waals surface area contributed by atoms with Crippen molar-refractivity contribution in [2.24, 2.45) is 0 Å². The van der Waals surface area contributed by atoms with Gasteiger partial charge in [0.15, 0.2) is 0 Å². The van der Waals surface area contributed by atoms with Gasteiger partial charge in [0, 0.05) is 0 Å². The van der Waals surface area contributed by atoms with Gasteiger partial charge in [0.1, 0.15) is 0 Å². The summed E-state index contributed by atoms with van der Waals surface area (Å²) in [4.78, 5) is 0. The van der Waals surface area contributed by atoms with E-state index in [9.17, 15) is 0 Å². The van der Waals surface area contributed by atoms with Crippen LogP contribution in [0, 0.1) is 0 Å². The molecule has 0 bridgehead atoms. The van der Waals surface area contributed by atoms with Crippen LogP contribution in [0.25, 0.3) is 0 Å². The summed E-state index contributed by atoms with van der Waals surface area (Å²) in [5.41, 5.74) is 0. The fraction of sp³-hybridized carbons (Fsp3) is 0. The van der Waals surface area contributed by atoms with Crippen LogP contribution >= 0.6 is 0 Å². The second kappa shape index (κ2) is 94.8. The van der Waals surface area contributed by atoms with Crippen LogP contribution in [0.4, 0.5) is 9.41 Å². The standard InChI is InChI=1S/2FH.Li.O.Zn.H/h2*1H;;;;/q;;+1;;;-1. The van der Waals surface area contributed by atoms with E-state index in [-0.39, 0.29) is 47.9 Å². The third kappa shape index (κ3) is 52.2. The molecule has 0 unspecified atom stereocenters. The van der Waals surface area contributed by atoms with Crippen molar-refractivity contribution in [1.29, 1.82) is 0 Å². The molecule has 0 fully saturated rings. The summed E-state index contributed by atoms with van der Waals surface area (Å²) in [6.45, 7) is 0. The number of rotatable bonds is 0. The Labute approximate surface area is 51.8 Å². The van der Waals surface area contributed by atoms with Crippen LogP contribution in [-0.4, -0.2) is 0 Å². The maximum absolute atomic E-state index is 8.38. The Kier molecular flexibility index (Phi) is 751. The van der Waals surface area contributed by atoms with Gasteiger partial charge in [-0.25, -0.2) is 0 Å². The van der Waals surface area contributed by atoms with Crippen molar-refractivity contribution in [3.8, 4) is 0 Å². The molecule has 5 heavy (non-hydrogen) atoms. The molecule has 26 valence electrons. The molecule has 0 aromatic heterocycles. The van der Waals surface area contributed by atoms with Crippen molar-refractivity contribution in [3.05, 3.63) is 0 Å². The molecule has 0 amide bonds. The van der Waals surface area contributed by atoms with Gasteiger partial charge in [-0.1, -0.05) is 0 Å². The molecular formula is H3F2LiOZn. The van der Waals surface area contributed by atoms with E-state index in [4.69, 9.17) is 3.57 Å². The Morgan fingerprint density at radius 1 is 1.20 bits per heavy atom. The zero-order chi connectivity index (χ0) is 2.00. The third-order valence-corrected chi connectivity index (χ3v) is 0. The fourth-order valence-corrected chi connectivity index (χ4v) is 0. The average molecular weight is 129 g/mol. The first-order valence-corrected chi connectivity index (χ1v) is 1.50. The Balaban J connectivity index is -0.000000000833. The summed E-state index contributed by atoms with van der Waals surface area (Å²) in [7, 11) is 0. The predicted octanol–water partition coefficient (Wildman–Crippen LogP) is -2.70. The van der Waals surface area contributed by atoms with Crippen LogP contribution in [0.3, 0.4) is 0 Å². The molecular weight excluding hydrogens is 126 g/mol. The number of hydrogen-bond donors (Lipinski definition) is 0. The van der Waals surface area contributed by atoms with Gasteiger partial charge < -0.3 is 1.43 Å². The van der Waals surface area contributed by atoms with Crippen molar-refractivity contribution in [3.63, 3.8) is 0 Å². The van der Waals surface area contributed by atoms with Crippen LogP contribution in [0.15, 0.2) is 0 Å². The Hall–Kier alpha value is 0.881. The number of hydrogen-bond acceptors (Lipinski definition) is 1. The zero-order valence-electron chi connectivity index (χ0n) is 3.93. The zero-order valence-corrected chi connectivity index (χ0v) is 5.90. The van der Waals surface area contributed by atoms with Crippen molar-refractivity contribution in [2.75, 3.05) is 0 Å². The van der Waals surface area contributed by atoms with Crippen molar-refractivity contribution < 1.29 is 51.5 Å². The molecule has 0 aromatic rings. The van der Waals surface area contributed by atoms with Gasteiger partial charge >= 0.3 is 40.7 Å². The SMILES string of the molecule is F.F.[H-].[Li+].[O]=[Zn]. The summed E-state index contributed by atoms with van der Waals surface area (Å²) in [5.74, 6) is 0. The Bertz CT molecular complexity index is 13.5. The molecule has 0 saturated heterocycles. The van der Waals surface area contributed by atoms with Gasteiger partial charge in [-0.3, -0.25) is 9.41 Å². The van der Waals surface area contributed by atoms with E-state index in [1.807, 2.05) is 0 Å². The topological polar surface area (TPSA) is 17.1 Å². The van der Waals surface area contributed by atoms with Gasteiger partial charge in [-0.05, 0) is 0 Å². The second-order valence-electron chi connectivity index (χ2n) is 0. The molecule has 0 aliphatic heterocycles. The number of halogens is 2. The van der Waals surface area contributed by atoms with E-state index in [0.29, 0.717) is 0 Å². The predicted molar refractivity (Wildman–Crippen MR) is 6.80 cm³/mol. The first kappa shape index (κ1) is 39.6. The maximum atomic E-state index is 8.38. The second-order valence-corrected chi connectivity index (χ2v) is 0. The van der Waals surface area contributed by atoms with Gasteiger partial charge in [0.25, 0.3) is 0 Å². The van der Waals surface area contributed by atoms with E-state index in [1.54, 1.807) is 0 Å². The molecule has 0 saturated carbocycles. The Morgan fingerprint density at radius 3 is 1.20 bits per heavy atom. The summed E-state index contributed by atoms with van der Waals surface area (Å²) < 4.78 is 8.38. The molecule has 0 aliphatic carbocycles. The quantitative estimate of drug-likeness (QED) is 0.325. The third-order valence-electron chi connectivity index (χ3n) is 0. The van der Waals surface area contributed by atoms with Crippen LogP contribution in [0.1, 0.15) is 1.43 Å². The Morgan fingerprint density at radius 2 is 1.20 bits per heavy atom. The summed E-state index contributed by atoms with van der Waals surface area (Å²) in [6.07, 6.45) is 0.